The van der Waals surface area contributed by atoms with Crippen LogP contribution < -0.4 is 5.32 Å². The van der Waals surface area contributed by atoms with Crippen LogP contribution in [0.4, 0.5) is 4.79 Å². The minimum absolute atomic E-state index is 0.00881. The Hall–Kier alpha value is -2.37. The molecule has 6 nitrogen and oxygen atoms in total. The van der Waals surface area contributed by atoms with Crippen LogP contribution in [0.15, 0.2) is 24.3 Å². The van der Waals surface area contributed by atoms with Gasteiger partial charge in [-0.3, -0.25) is 14.5 Å². The van der Waals surface area contributed by atoms with E-state index in [0.29, 0.717) is 5.56 Å². The molecule has 0 aliphatic carbocycles. The Morgan fingerprint density at radius 2 is 1.62 bits per heavy atom. The van der Waals surface area contributed by atoms with E-state index < -0.39 is 35.6 Å². The van der Waals surface area contributed by atoms with Crippen LogP contribution in [0.3, 0.4) is 0 Å². The Morgan fingerprint density at radius 1 is 1.08 bits per heavy atom. The van der Waals surface area contributed by atoms with E-state index in [2.05, 4.69) is 26.1 Å². The molecule has 2 rings (SSSR count). The highest BCUT2D eigenvalue weighted by Gasteiger charge is 2.49. The summed E-state index contributed by atoms with van der Waals surface area (Å²) >= 11 is 0. The first-order valence-electron chi connectivity index (χ1n) is 8.71. The van der Waals surface area contributed by atoms with Crippen molar-refractivity contribution in [3.63, 3.8) is 0 Å². The molecule has 1 aromatic rings. The highest BCUT2D eigenvalue weighted by Crippen LogP contribution is 2.31. The van der Waals surface area contributed by atoms with Crippen molar-refractivity contribution in [2.45, 2.75) is 65.0 Å². The highest BCUT2D eigenvalue weighted by atomic mass is 16.6. The van der Waals surface area contributed by atoms with Gasteiger partial charge in [0.1, 0.15) is 17.7 Å². The zero-order valence-electron chi connectivity index (χ0n) is 16.6. The maximum atomic E-state index is 12.9. The lowest BCUT2D eigenvalue weighted by atomic mass is 9.84. The molecule has 0 radical (unpaired) electrons. The quantitative estimate of drug-likeness (QED) is 0.664. The van der Waals surface area contributed by atoms with Gasteiger partial charge in [0.15, 0.2) is 0 Å². The third kappa shape index (κ3) is 4.06. The first-order valence-corrected chi connectivity index (χ1v) is 8.71. The van der Waals surface area contributed by atoms with Crippen LogP contribution >= 0.6 is 0 Å². The number of rotatable bonds is 3. The topological polar surface area (TPSA) is 75.7 Å². The smallest absolute Gasteiger partial charge is 0.326 e. The molecule has 1 fully saturated rings. The van der Waals surface area contributed by atoms with Crippen molar-refractivity contribution >= 4 is 17.9 Å². The Morgan fingerprint density at radius 3 is 2.08 bits per heavy atom. The van der Waals surface area contributed by atoms with Gasteiger partial charge in [0, 0.05) is 0 Å². The molecule has 0 aromatic heterocycles. The van der Waals surface area contributed by atoms with E-state index in [-0.39, 0.29) is 5.41 Å². The van der Waals surface area contributed by atoms with E-state index in [1.165, 1.54) is 0 Å². The second-order valence-electron chi connectivity index (χ2n) is 8.86. The Balaban J connectivity index is 2.22. The second-order valence-corrected chi connectivity index (χ2v) is 8.86. The molecule has 1 heterocycles. The second kappa shape index (κ2) is 6.41. The zero-order valence-corrected chi connectivity index (χ0v) is 16.6. The first-order chi connectivity index (χ1) is 11.7. The SMILES string of the molecule is CC(C)(C)OC(=O)CN1C(=O)NC(C)(c2ccc(C(C)(C)C)cc2)C1=O. The first kappa shape index (κ1) is 19.9. The lowest BCUT2D eigenvalue weighted by Gasteiger charge is -2.25. The van der Waals surface area contributed by atoms with Crippen LogP contribution in [0, 0.1) is 0 Å². The molecule has 1 atom stereocenters. The Labute approximate surface area is 154 Å². The van der Waals surface area contributed by atoms with Crippen molar-refractivity contribution < 1.29 is 19.1 Å². The largest absolute Gasteiger partial charge is 0.459 e. The number of amides is 3. The van der Waals surface area contributed by atoms with E-state index in [1.54, 1.807) is 27.7 Å². The number of hydrogen-bond donors (Lipinski definition) is 1. The number of urea groups is 1. The predicted octanol–water partition coefficient (Wildman–Crippen LogP) is 3.09. The van der Waals surface area contributed by atoms with Gasteiger partial charge < -0.3 is 10.1 Å². The van der Waals surface area contributed by atoms with Gasteiger partial charge in [-0.25, -0.2) is 4.79 Å². The molecule has 6 heteroatoms. The molecule has 1 N–H and O–H groups in total. The Kier molecular flexibility index (Phi) is 4.92. The van der Waals surface area contributed by atoms with E-state index in [4.69, 9.17) is 4.74 Å². The summed E-state index contributed by atoms with van der Waals surface area (Å²) in [6.07, 6.45) is 0. The molecule has 1 unspecified atom stereocenters. The number of hydrogen-bond acceptors (Lipinski definition) is 4. The molecule has 142 valence electrons. The average Bonchev–Trinajstić information content (AvgIpc) is 2.69. The van der Waals surface area contributed by atoms with Gasteiger partial charge >= 0.3 is 12.0 Å². The van der Waals surface area contributed by atoms with Gasteiger partial charge in [-0.1, -0.05) is 45.0 Å². The van der Waals surface area contributed by atoms with E-state index >= 15 is 0 Å². The van der Waals surface area contributed by atoms with Gasteiger partial charge in [-0.05, 0) is 44.2 Å². The summed E-state index contributed by atoms with van der Waals surface area (Å²) < 4.78 is 5.21. The maximum Gasteiger partial charge on any atom is 0.326 e. The van der Waals surface area contributed by atoms with Crippen molar-refractivity contribution in [2.24, 2.45) is 0 Å². The number of esters is 1. The van der Waals surface area contributed by atoms with E-state index in [1.807, 2.05) is 24.3 Å². The van der Waals surface area contributed by atoms with Crippen molar-refractivity contribution in [3.05, 3.63) is 35.4 Å². The summed E-state index contributed by atoms with van der Waals surface area (Å²) in [6, 6.07) is 7.00. The number of nitrogens with zero attached hydrogens (tertiary/aromatic N) is 1. The van der Waals surface area contributed by atoms with Crippen molar-refractivity contribution in [2.75, 3.05) is 6.54 Å². The van der Waals surface area contributed by atoms with Crippen LogP contribution in [0.5, 0.6) is 0 Å². The molecule has 1 aromatic carbocycles. The third-order valence-electron chi connectivity index (χ3n) is 4.31. The van der Waals surface area contributed by atoms with Crippen LogP contribution in [-0.2, 0) is 25.3 Å². The van der Waals surface area contributed by atoms with Crippen LogP contribution in [0.25, 0.3) is 0 Å². The fourth-order valence-corrected chi connectivity index (χ4v) is 2.84. The molecule has 26 heavy (non-hydrogen) atoms. The summed E-state index contributed by atoms with van der Waals surface area (Å²) in [6.45, 7) is 12.8. The number of nitrogens with one attached hydrogen (secondary N) is 1. The minimum Gasteiger partial charge on any atom is -0.459 e. The molecule has 1 aliphatic rings. The fourth-order valence-electron chi connectivity index (χ4n) is 2.84. The lowest BCUT2D eigenvalue weighted by molar-refractivity contribution is -0.157. The van der Waals surface area contributed by atoms with Gasteiger partial charge in [-0.2, -0.15) is 0 Å². The minimum atomic E-state index is -1.20. The standard InChI is InChI=1S/C20H28N2O4/c1-18(2,3)13-8-10-14(11-9-13)20(7)16(24)22(17(25)21-20)12-15(23)26-19(4,5)6/h8-11H,12H2,1-7H3,(H,21,25). The fraction of sp³-hybridized carbons (Fsp3) is 0.550. The summed E-state index contributed by atoms with van der Waals surface area (Å²) in [7, 11) is 0. The Bertz CT molecular complexity index is 726. The molecule has 3 amide bonds. The van der Waals surface area contributed by atoms with Gasteiger partial charge in [0.25, 0.3) is 5.91 Å². The maximum absolute atomic E-state index is 12.9. The molecule has 0 spiro atoms. The molecule has 0 saturated carbocycles. The number of imide groups is 1. The normalized spacial score (nSPS) is 21.0. The molecular weight excluding hydrogens is 332 g/mol. The highest BCUT2D eigenvalue weighted by molar-refractivity contribution is 6.08. The lowest BCUT2D eigenvalue weighted by Crippen LogP contribution is -2.42. The zero-order chi connectivity index (χ0) is 19.9. The number of carbonyl (C=O) groups excluding carboxylic acids is 3. The molecule has 0 bridgehead atoms. The predicted molar refractivity (Wildman–Crippen MR) is 98.6 cm³/mol. The number of carbonyl (C=O) groups is 3. The summed E-state index contributed by atoms with van der Waals surface area (Å²) in [5.74, 6) is -1.08. The molecule has 1 saturated heterocycles. The molecular formula is C20H28N2O4. The summed E-state index contributed by atoms with van der Waals surface area (Å²) in [4.78, 5) is 38.1. The van der Waals surface area contributed by atoms with Crippen molar-refractivity contribution in [1.82, 2.24) is 10.2 Å². The van der Waals surface area contributed by atoms with E-state index in [0.717, 1.165) is 10.5 Å². The van der Waals surface area contributed by atoms with Crippen LogP contribution in [0.1, 0.15) is 59.6 Å². The van der Waals surface area contributed by atoms with Crippen LogP contribution in [-0.4, -0.2) is 35.0 Å². The van der Waals surface area contributed by atoms with Gasteiger partial charge in [-0.15, -0.1) is 0 Å². The van der Waals surface area contributed by atoms with Crippen molar-refractivity contribution in [3.8, 4) is 0 Å². The van der Waals surface area contributed by atoms with Crippen LogP contribution in [0.2, 0.25) is 0 Å². The van der Waals surface area contributed by atoms with Crippen molar-refractivity contribution in [1.29, 1.82) is 0 Å². The number of benzene rings is 1. The third-order valence-corrected chi connectivity index (χ3v) is 4.31. The molecule has 1 aliphatic heterocycles. The van der Waals surface area contributed by atoms with Gasteiger partial charge in [0.2, 0.25) is 0 Å². The average molecular weight is 360 g/mol. The van der Waals surface area contributed by atoms with E-state index in [9.17, 15) is 14.4 Å². The number of ether oxygens (including phenoxy) is 1. The summed E-state index contributed by atoms with van der Waals surface area (Å²) in [5.41, 5.74) is -0.0777. The monoisotopic (exact) mass is 360 g/mol. The van der Waals surface area contributed by atoms with Gasteiger partial charge in [0.05, 0.1) is 0 Å². The summed E-state index contributed by atoms with van der Waals surface area (Å²) in [5, 5.41) is 2.70.